The molecule has 176 valence electrons. The topological polar surface area (TPSA) is 98.8 Å². The molecule has 1 aromatic heterocycles. The molecule has 2 aromatic rings. The number of rotatable bonds is 6. The monoisotopic (exact) mass is 470 g/mol. The molecule has 0 fully saturated rings. The van der Waals surface area contributed by atoms with E-state index in [1.807, 2.05) is 0 Å². The van der Waals surface area contributed by atoms with Gasteiger partial charge in [0.05, 0.1) is 6.20 Å². The van der Waals surface area contributed by atoms with Crippen LogP contribution in [0.2, 0.25) is 0 Å². The van der Waals surface area contributed by atoms with Crippen molar-refractivity contribution in [3.63, 3.8) is 0 Å². The minimum Gasteiger partial charge on any atom is -0.482 e. The fourth-order valence-electron chi connectivity index (χ4n) is 3.18. The van der Waals surface area contributed by atoms with Crippen LogP contribution in [0.25, 0.3) is 0 Å². The second kappa shape index (κ2) is 9.04. The van der Waals surface area contributed by atoms with Crippen LogP contribution in [-0.2, 0) is 10.3 Å². The van der Waals surface area contributed by atoms with Gasteiger partial charge in [-0.15, -0.1) is 0 Å². The van der Waals surface area contributed by atoms with Gasteiger partial charge in [-0.25, -0.2) is 18.8 Å². The number of pyridine rings is 1. The van der Waals surface area contributed by atoms with Crippen LogP contribution in [0.1, 0.15) is 28.5 Å². The fraction of sp³-hybridized carbons (Fsp3) is 0.286. The van der Waals surface area contributed by atoms with Gasteiger partial charge in [-0.1, -0.05) is 0 Å². The zero-order chi connectivity index (χ0) is 24.4. The number of aromatic nitrogens is 1. The molecule has 33 heavy (non-hydrogen) atoms. The molecule has 1 aliphatic heterocycles. The lowest BCUT2D eigenvalue weighted by Crippen LogP contribution is -2.31. The average molecular weight is 470 g/mol. The van der Waals surface area contributed by atoms with Crippen LogP contribution in [0.4, 0.5) is 27.6 Å². The van der Waals surface area contributed by atoms with Crippen molar-refractivity contribution >= 4 is 17.6 Å². The Hall–Kier alpha value is -3.70. The van der Waals surface area contributed by atoms with E-state index >= 15 is 0 Å². The Bertz CT molecular complexity index is 1130. The summed E-state index contributed by atoms with van der Waals surface area (Å²) in [4.78, 5) is 20.6. The number of halogens is 5. The predicted octanol–water partition coefficient (Wildman–Crippen LogP) is 4.14. The van der Waals surface area contributed by atoms with Gasteiger partial charge in [0.25, 0.3) is 11.9 Å². The number of nitrogens with one attached hydrogen (secondary N) is 1. The molecule has 1 amide bonds. The number of aliphatic imine (C=N–C) groups is 1. The molecule has 2 heterocycles. The lowest BCUT2D eigenvalue weighted by Gasteiger charge is -2.28. The number of ether oxygens (including phenoxy) is 2. The molecule has 1 aromatic carbocycles. The average Bonchev–Trinajstić information content (AvgIpc) is 2.72. The Morgan fingerprint density at radius 1 is 1.30 bits per heavy atom. The second-order valence-electron chi connectivity index (χ2n) is 7.33. The standard InChI is InChI=1S/C21H19F5N4O3/c1-11-5-13(32-10-21(24,25)26)9-28-17(11)18(31)29-12-3-4-16(23)15(6-12)20(2)7-14(8-22)33-19(27)30-20/h3-7,9H,8,10H2,1-2H3,(H2,27,30)(H,29,31)/t20-/m0/s1. The highest BCUT2D eigenvalue weighted by atomic mass is 19.4. The quantitative estimate of drug-likeness (QED) is 0.619. The number of nitrogens with two attached hydrogens (primary N) is 1. The van der Waals surface area contributed by atoms with E-state index in [1.54, 1.807) is 0 Å². The zero-order valence-corrected chi connectivity index (χ0v) is 17.5. The fourth-order valence-corrected chi connectivity index (χ4v) is 3.18. The Morgan fingerprint density at radius 3 is 2.67 bits per heavy atom. The first-order valence-corrected chi connectivity index (χ1v) is 9.48. The first-order valence-electron chi connectivity index (χ1n) is 9.48. The normalized spacial score (nSPS) is 18.2. The second-order valence-corrected chi connectivity index (χ2v) is 7.33. The highest BCUT2D eigenvalue weighted by Crippen LogP contribution is 2.35. The summed E-state index contributed by atoms with van der Waals surface area (Å²) < 4.78 is 74.1. The van der Waals surface area contributed by atoms with Crippen LogP contribution >= 0.6 is 0 Å². The molecule has 0 bridgehead atoms. The van der Waals surface area contributed by atoms with Crippen molar-refractivity contribution in [3.05, 3.63) is 64.9 Å². The number of hydrogen-bond donors (Lipinski definition) is 2. The summed E-state index contributed by atoms with van der Waals surface area (Å²) in [6.07, 6.45) is -2.24. The summed E-state index contributed by atoms with van der Waals surface area (Å²) in [7, 11) is 0. The van der Waals surface area contributed by atoms with Gasteiger partial charge in [0.2, 0.25) is 0 Å². The summed E-state index contributed by atoms with van der Waals surface area (Å²) >= 11 is 0. The highest BCUT2D eigenvalue weighted by molar-refractivity contribution is 6.03. The Labute approximate surface area is 185 Å². The van der Waals surface area contributed by atoms with Crippen LogP contribution in [0, 0.1) is 12.7 Å². The zero-order valence-electron chi connectivity index (χ0n) is 17.5. The summed E-state index contributed by atoms with van der Waals surface area (Å²) in [5, 5.41) is 2.54. The minimum atomic E-state index is -4.51. The number of hydrogen-bond acceptors (Lipinski definition) is 6. The van der Waals surface area contributed by atoms with Crippen molar-refractivity contribution in [2.24, 2.45) is 10.7 Å². The van der Waals surface area contributed by atoms with Gasteiger partial charge >= 0.3 is 6.18 Å². The molecule has 3 rings (SSSR count). The van der Waals surface area contributed by atoms with E-state index < -0.39 is 36.7 Å². The van der Waals surface area contributed by atoms with Crippen LogP contribution in [0.5, 0.6) is 5.75 Å². The molecule has 7 nitrogen and oxygen atoms in total. The van der Waals surface area contributed by atoms with Gasteiger partial charge in [-0.2, -0.15) is 13.2 Å². The largest absolute Gasteiger partial charge is 0.482 e. The van der Waals surface area contributed by atoms with Crippen molar-refractivity contribution < 1.29 is 36.2 Å². The molecule has 1 aliphatic rings. The maximum absolute atomic E-state index is 14.6. The molecule has 12 heteroatoms. The van der Waals surface area contributed by atoms with E-state index in [-0.39, 0.29) is 40.0 Å². The number of amidine groups is 1. The summed E-state index contributed by atoms with van der Waals surface area (Å²) in [6, 6.07) is 4.59. The first kappa shape index (κ1) is 24.0. The van der Waals surface area contributed by atoms with Crippen molar-refractivity contribution in [1.82, 2.24) is 4.98 Å². The molecular formula is C21H19F5N4O3. The number of alkyl halides is 4. The number of amides is 1. The maximum atomic E-state index is 14.6. The maximum Gasteiger partial charge on any atom is 0.422 e. The number of allylic oxidation sites excluding steroid dienone is 1. The van der Waals surface area contributed by atoms with Crippen LogP contribution in [0.15, 0.2) is 47.3 Å². The lowest BCUT2D eigenvalue weighted by atomic mass is 9.90. The van der Waals surface area contributed by atoms with Gasteiger partial charge < -0.3 is 20.5 Å². The summed E-state index contributed by atoms with van der Waals surface area (Å²) in [5.41, 5.74) is 4.55. The molecule has 1 atom stereocenters. The number of carbonyl (C=O) groups is 1. The van der Waals surface area contributed by atoms with Gasteiger partial charge in [-0.3, -0.25) is 4.79 Å². The smallest absolute Gasteiger partial charge is 0.422 e. The Balaban J connectivity index is 1.83. The number of aryl methyl sites for hydroxylation is 1. The molecule has 0 unspecified atom stereocenters. The third kappa shape index (κ3) is 5.76. The van der Waals surface area contributed by atoms with Gasteiger partial charge in [0.15, 0.2) is 6.61 Å². The van der Waals surface area contributed by atoms with E-state index in [2.05, 4.69) is 20.0 Å². The third-order valence-corrected chi connectivity index (χ3v) is 4.59. The molecule has 3 N–H and O–H groups in total. The van der Waals surface area contributed by atoms with E-state index in [9.17, 15) is 26.7 Å². The van der Waals surface area contributed by atoms with Gasteiger partial charge in [-0.05, 0) is 49.8 Å². The molecule has 0 spiro atoms. The summed E-state index contributed by atoms with van der Waals surface area (Å²) in [5.74, 6) is -1.65. The van der Waals surface area contributed by atoms with Crippen molar-refractivity contribution in [2.45, 2.75) is 25.6 Å². The van der Waals surface area contributed by atoms with E-state index in [0.29, 0.717) is 0 Å². The Kier molecular flexibility index (Phi) is 6.56. The van der Waals surface area contributed by atoms with Crippen molar-refractivity contribution in [3.8, 4) is 5.75 Å². The van der Waals surface area contributed by atoms with E-state index in [4.69, 9.17) is 10.5 Å². The van der Waals surface area contributed by atoms with Crippen molar-refractivity contribution in [2.75, 3.05) is 18.6 Å². The predicted molar refractivity (Wildman–Crippen MR) is 109 cm³/mol. The van der Waals surface area contributed by atoms with E-state index in [1.165, 1.54) is 38.1 Å². The molecule has 0 saturated carbocycles. The molecule has 0 radical (unpaired) electrons. The SMILES string of the molecule is Cc1cc(OCC(F)(F)F)cnc1C(=O)Nc1ccc(F)c([C@]2(C)C=C(CF)OC(N)=N2)c1. The van der Waals surface area contributed by atoms with Gasteiger partial charge in [0.1, 0.15) is 35.2 Å². The van der Waals surface area contributed by atoms with Crippen LogP contribution in [-0.4, -0.2) is 36.4 Å². The lowest BCUT2D eigenvalue weighted by molar-refractivity contribution is -0.153. The third-order valence-electron chi connectivity index (χ3n) is 4.59. The summed E-state index contributed by atoms with van der Waals surface area (Å²) in [6.45, 7) is 0.501. The number of carbonyl (C=O) groups excluding carboxylic acids is 1. The van der Waals surface area contributed by atoms with Crippen LogP contribution in [0.3, 0.4) is 0 Å². The molecule has 0 saturated heterocycles. The minimum absolute atomic E-state index is 0.00178. The number of nitrogens with zero attached hydrogens (tertiary/aromatic N) is 2. The molecule has 0 aliphatic carbocycles. The van der Waals surface area contributed by atoms with Gasteiger partial charge in [0, 0.05) is 11.3 Å². The van der Waals surface area contributed by atoms with Crippen LogP contribution < -0.4 is 15.8 Å². The highest BCUT2D eigenvalue weighted by Gasteiger charge is 2.33. The number of benzene rings is 1. The van der Waals surface area contributed by atoms with Crippen molar-refractivity contribution in [1.29, 1.82) is 0 Å². The number of anilines is 1. The van der Waals surface area contributed by atoms with E-state index in [0.717, 1.165) is 12.3 Å². The first-order chi connectivity index (χ1) is 15.4. The molecular weight excluding hydrogens is 451 g/mol. The Morgan fingerprint density at radius 2 is 2.03 bits per heavy atom.